The van der Waals surface area contributed by atoms with Crippen molar-refractivity contribution in [1.82, 2.24) is 19.8 Å². The van der Waals surface area contributed by atoms with Crippen LogP contribution in [-0.4, -0.2) is 25.7 Å². The van der Waals surface area contributed by atoms with Crippen molar-refractivity contribution in [2.45, 2.75) is 12.8 Å². The highest BCUT2D eigenvalue weighted by Gasteiger charge is 2.11. The topological polar surface area (TPSA) is 72.2 Å². The van der Waals surface area contributed by atoms with Crippen LogP contribution in [0, 0.1) is 0 Å². The first kappa shape index (κ1) is 14.2. The van der Waals surface area contributed by atoms with Crippen LogP contribution in [0.1, 0.15) is 11.4 Å². The zero-order valence-corrected chi connectivity index (χ0v) is 12.9. The number of nitrogens with one attached hydrogen (secondary N) is 1. The molecule has 0 bridgehead atoms. The summed E-state index contributed by atoms with van der Waals surface area (Å²) in [6.45, 7) is 0. The van der Waals surface area contributed by atoms with E-state index in [-0.39, 0.29) is 12.3 Å². The van der Waals surface area contributed by atoms with Crippen LogP contribution in [-0.2, 0) is 11.2 Å². The summed E-state index contributed by atoms with van der Waals surface area (Å²) in [5, 5.41) is 16.2. The number of rotatable bonds is 4. The number of nitrogens with zero attached hydrogens (tertiary/aromatic N) is 4. The molecule has 0 radical (unpaired) electrons. The van der Waals surface area contributed by atoms with Gasteiger partial charge in [-0.15, -0.1) is 10.2 Å². The number of aryl methyl sites for hydroxylation is 1. The predicted octanol–water partition coefficient (Wildman–Crippen LogP) is 3.06. The second kappa shape index (κ2) is 5.97. The number of halogens is 2. The minimum absolute atomic E-state index is 0.170. The molecule has 0 saturated heterocycles. The zero-order chi connectivity index (χ0) is 14.8. The number of benzene rings is 1. The molecule has 0 spiro atoms. The quantitative estimate of drug-likeness (QED) is 0.791. The molecule has 2 heterocycles. The van der Waals surface area contributed by atoms with Crippen LogP contribution >= 0.6 is 34.5 Å². The molecule has 1 N–H and O–H groups in total. The van der Waals surface area contributed by atoms with E-state index in [0.717, 1.165) is 5.01 Å². The van der Waals surface area contributed by atoms with Gasteiger partial charge in [0.1, 0.15) is 11.3 Å². The van der Waals surface area contributed by atoms with Crippen LogP contribution in [0.25, 0.3) is 4.96 Å². The first-order valence-corrected chi connectivity index (χ1v) is 7.60. The van der Waals surface area contributed by atoms with Gasteiger partial charge in [0.25, 0.3) is 0 Å². The van der Waals surface area contributed by atoms with Gasteiger partial charge in [0.2, 0.25) is 10.9 Å². The number of hydrogen-bond acceptors (Lipinski definition) is 5. The first-order chi connectivity index (χ1) is 10.1. The lowest BCUT2D eigenvalue weighted by atomic mass is 10.2. The summed E-state index contributed by atoms with van der Waals surface area (Å²) in [7, 11) is 0. The number of hydrogen-bond donors (Lipinski definition) is 1. The summed E-state index contributed by atoms with van der Waals surface area (Å²) in [5.74, 6) is -0.170. The van der Waals surface area contributed by atoms with Crippen LogP contribution < -0.4 is 5.32 Å². The lowest BCUT2D eigenvalue weighted by Crippen LogP contribution is -2.13. The van der Waals surface area contributed by atoms with Gasteiger partial charge in [-0.25, -0.2) is 0 Å². The normalized spacial score (nSPS) is 11.0. The summed E-state index contributed by atoms with van der Waals surface area (Å²) < 4.78 is 1.59. The van der Waals surface area contributed by atoms with Crippen molar-refractivity contribution in [3.05, 3.63) is 39.6 Å². The molecule has 0 unspecified atom stereocenters. The molecule has 108 valence electrons. The molecule has 6 nitrogen and oxygen atoms in total. The fraction of sp³-hybridized carbons (Fsp3) is 0.167. The molecule has 3 rings (SSSR count). The van der Waals surface area contributed by atoms with Gasteiger partial charge in [0, 0.05) is 12.8 Å². The maximum atomic E-state index is 12.0. The van der Waals surface area contributed by atoms with Gasteiger partial charge in [0.15, 0.2) is 0 Å². The summed E-state index contributed by atoms with van der Waals surface area (Å²) >= 11 is 13.4. The summed E-state index contributed by atoms with van der Waals surface area (Å²) in [4.78, 5) is 12.7. The predicted molar refractivity (Wildman–Crippen MR) is 82.1 cm³/mol. The van der Waals surface area contributed by atoms with Gasteiger partial charge < -0.3 is 5.32 Å². The third-order valence-corrected chi connectivity index (χ3v) is 4.32. The Morgan fingerprint density at radius 2 is 2.10 bits per heavy atom. The van der Waals surface area contributed by atoms with Gasteiger partial charge in [-0.2, -0.15) is 9.61 Å². The number of anilines is 1. The van der Waals surface area contributed by atoms with Crippen molar-refractivity contribution >= 4 is 51.1 Å². The van der Waals surface area contributed by atoms with E-state index >= 15 is 0 Å². The summed E-state index contributed by atoms with van der Waals surface area (Å²) in [6.07, 6.45) is 2.33. The Balaban J connectivity index is 1.63. The molecular weight excluding hydrogens is 333 g/mol. The van der Waals surface area contributed by atoms with Crippen molar-refractivity contribution in [3.63, 3.8) is 0 Å². The van der Waals surface area contributed by atoms with Crippen molar-refractivity contribution in [2.24, 2.45) is 0 Å². The van der Waals surface area contributed by atoms with Gasteiger partial charge >= 0.3 is 0 Å². The molecular formula is C12H9Cl2N5OS. The number of aromatic nitrogens is 4. The number of carbonyl (C=O) groups is 1. The number of amides is 1. The number of fused-ring (bicyclic) bond motifs is 1. The monoisotopic (exact) mass is 341 g/mol. The Morgan fingerprint density at radius 3 is 2.81 bits per heavy atom. The van der Waals surface area contributed by atoms with Crippen molar-refractivity contribution in [1.29, 1.82) is 0 Å². The van der Waals surface area contributed by atoms with E-state index in [0.29, 0.717) is 27.1 Å². The fourth-order valence-corrected chi connectivity index (χ4v) is 3.05. The van der Waals surface area contributed by atoms with Crippen LogP contribution in [0.2, 0.25) is 10.0 Å². The smallest absolute Gasteiger partial charge is 0.234 e. The maximum Gasteiger partial charge on any atom is 0.234 e. The van der Waals surface area contributed by atoms with Crippen LogP contribution in [0.3, 0.4) is 0 Å². The molecule has 1 amide bonds. The highest BCUT2D eigenvalue weighted by Crippen LogP contribution is 2.29. The molecule has 0 aliphatic rings. The standard InChI is InChI=1S/C12H9Cl2N5OS/c13-7-2-1-3-8(14)11(7)16-9(20)4-5-10-18-19-6-15-17-12(19)21-10/h1-3,6H,4-5H2,(H,16,20). The molecule has 1 aromatic carbocycles. The molecule has 0 aliphatic heterocycles. The average Bonchev–Trinajstić information content (AvgIpc) is 3.01. The Kier molecular flexibility index (Phi) is 4.05. The SMILES string of the molecule is O=C(CCc1nn2cnnc2s1)Nc1c(Cl)cccc1Cl. The Labute approximate surface area is 133 Å². The zero-order valence-electron chi connectivity index (χ0n) is 10.6. The van der Waals surface area contributed by atoms with Gasteiger partial charge in [-0.05, 0) is 12.1 Å². The lowest BCUT2D eigenvalue weighted by Gasteiger charge is -2.08. The highest BCUT2D eigenvalue weighted by atomic mass is 35.5. The minimum atomic E-state index is -0.170. The van der Waals surface area contributed by atoms with Crippen LogP contribution in [0.4, 0.5) is 5.69 Å². The largest absolute Gasteiger partial charge is 0.324 e. The number of para-hydroxylation sites is 1. The lowest BCUT2D eigenvalue weighted by molar-refractivity contribution is -0.116. The van der Waals surface area contributed by atoms with E-state index in [1.807, 2.05) is 0 Å². The van der Waals surface area contributed by atoms with Crippen molar-refractivity contribution < 1.29 is 4.79 Å². The molecule has 3 aromatic rings. The molecule has 0 aliphatic carbocycles. The first-order valence-electron chi connectivity index (χ1n) is 6.03. The van der Waals surface area contributed by atoms with E-state index in [4.69, 9.17) is 23.2 Å². The maximum absolute atomic E-state index is 12.0. The van der Waals surface area contributed by atoms with Gasteiger partial charge in [0.05, 0.1) is 15.7 Å². The van der Waals surface area contributed by atoms with E-state index < -0.39 is 0 Å². The molecule has 0 fully saturated rings. The highest BCUT2D eigenvalue weighted by molar-refractivity contribution is 7.16. The molecule has 0 saturated carbocycles. The Bertz CT molecular complexity index is 751. The average molecular weight is 342 g/mol. The molecule has 0 atom stereocenters. The van der Waals surface area contributed by atoms with Crippen LogP contribution in [0.15, 0.2) is 24.5 Å². The fourth-order valence-electron chi connectivity index (χ4n) is 1.74. The molecule has 2 aromatic heterocycles. The Morgan fingerprint density at radius 1 is 1.33 bits per heavy atom. The molecule has 21 heavy (non-hydrogen) atoms. The van der Waals surface area contributed by atoms with Gasteiger partial charge in [-0.3, -0.25) is 4.79 Å². The minimum Gasteiger partial charge on any atom is -0.324 e. The van der Waals surface area contributed by atoms with Crippen molar-refractivity contribution in [3.8, 4) is 0 Å². The van der Waals surface area contributed by atoms with E-state index in [1.54, 1.807) is 22.7 Å². The van der Waals surface area contributed by atoms with Crippen molar-refractivity contribution in [2.75, 3.05) is 5.32 Å². The summed E-state index contributed by atoms with van der Waals surface area (Å²) in [5.41, 5.74) is 0.434. The third-order valence-electron chi connectivity index (χ3n) is 2.72. The van der Waals surface area contributed by atoms with Gasteiger partial charge in [-0.1, -0.05) is 40.6 Å². The second-order valence-electron chi connectivity index (χ2n) is 4.20. The van der Waals surface area contributed by atoms with Crippen LogP contribution in [0.5, 0.6) is 0 Å². The van der Waals surface area contributed by atoms with E-state index in [1.165, 1.54) is 17.7 Å². The third kappa shape index (κ3) is 3.15. The van der Waals surface area contributed by atoms with E-state index in [2.05, 4.69) is 20.6 Å². The second-order valence-corrected chi connectivity index (χ2v) is 6.05. The summed E-state index contributed by atoms with van der Waals surface area (Å²) in [6, 6.07) is 5.07. The van der Waals surface area contributed by atoms with E-state index in [9.17, 15) is 4.79 Å². The molecule has 9 heteroatoms. The number of carbonyl (C=O) groups excluding carboxylic acids is 1. The Hall–Kier alpha value is -1.70.